The number of benzene rings is 2. The van der Waals surface area contributed by atoms with Crippen LogP contribution < -0.4 is 10.1 Å². The molecule has 2 aromatic carbocycles. The fraction of sp³-hybridized carbons (Fsp3) is 0.250. The number of ether oxygens (including phenoxy) is 1. The van der Waals surface area contributed by atoms with E-state index in [1.165, 1.54) is 23.4 Å². The molecule has 0 unspecified atom stereocenters. The third-order valence-corrected chi connectivity index (χ3v) is 3.94. The Labute approximate surface area is 165 Å². The molecule has 9 heteroatoms. The molecule has 1 heterocycles. The Morgan fingerprint density at radius 1 is 1.17 bits per heavy atom. The van der Waals surface area contributed by atoms with E-state index >= 15 is 0 Å². The molecule has 29 heavy (non-hydrogen) atoms. The van der Waals surface area contributed by atoms with Gasteiger partial charge in [0.25, 0.3) is 5.91 Å². The van der Waals surface area contributed by atoms with Crippen molar-refractivity contribution < 1.29 is 22.7 Å². The van der Waals surface area contributed by atoms with Crippen LogP contribution in [0.2, 0.25) is 0 Å². The van der Waals surface area contributed by atoms with E-state index in [-0.39, 0.29) is 16.9 Å². The average molecular weight is 404 g/mol. The van der Waals surface area contributed by atoms with Gasteiger partial charge in [0, 0.05) is 5.56 Å². The van der Waals surface area contributed by atoms with Crippen LogP contribution in [0.25, 0.3) is 5.69 Å². The average Bonchev–Trinajstić information content (AvgIpc) is 3.20. The molecular formula is C20H19F3N4O2. The first-order chi connectivity index (χ1) is 13.7. The zero-order valence-electron chi connectivity index (χ0n) is 15.8. The zero-order chi connectivity index (χ0) is 21.0. The van der Waals surface area contributed by atoms with Crippen molar-refractivity contribution in [2.24, 2.45) is 5.92 Å². The highest BCUT2D eigenvalue weighted by atomic mass is 19.4. The van der Waals surface area contributed by atoms with E-state index < -0.39 is 17.6 Å². The van der Waals surface area contributed by atoms with Crippen LogP contribution in [0.5, 0.6) is 5.75 Å². The van der Waals surface area contributed by atoms with Crippen molar-refractivity contribution in [2.45, 2.75) is 20.0 Å². The predicted octanol–water partition coefficient (Wildman–Crippen LogP) is 4.57. The maximum Gasteiger partial charge on any atom is 0.416 e. The first-order valence-corrected chi connectivity index (χ1v) is 8.84. The summed E-state index contributed by atoms with van der Waals surface area (Å²) in [4.78, 5) is 16.4. The van der Waals surface area contributed by atoms with Gasteiger partial charge < -0.3 is 10.1 Å². The van der Waals surface area contributed by atoms with E-state index in [1.807, 2.05) is 13.8 Å². The summed E-state index contributed by atoms with van der Waals surface area (Å²) in [7, 11) is 0. The second-order valence-corrected chi connectivity index (χ2v) is 6.75. The van der Waals surface area contributed by atoms with E-state index in [9.17, 15) is 18.0 Å². The molecule has 3 rings (SSSR count). The second kappa shape index (κ2) is 8.34. The number of anilines is 1. The van der Waals surface area contributed by atoms with Gasteiger partial charge >= 0.3 is 6.18 Å². The first kappa shape index (κ1) is 20.4. The molecule has 0 atom stereocenters. The van der Waals surface area contributed by atoms with Crippen LogP contribution in [0.1, 0.15) is 29.8 Å². The van der Waals surface area contributed by atoms with Crippen molar-refractivity contribution >= 4 is 11.6 Å². The Balaban J connectivity index is 1.85. The van der Waals surface area contributed by atoms with Crippen molar-refractivity contribution in [1.82, 2.24) is 14.8 Å². The van der Waals surface area contributed by atoms with E-state index in [2.05, 4.69) is 15.4 Å². The Morgan fingerprint density at radius 2 is 1.90 bits per heavy atom. The van der Waals surface area contributed by atoms with Gasteiger partial charge in [-0.05, 0) is 48.4 Å². The SMILES string of the molecule is CC(C)COc1ccc(C(=O)Nc2cc(C(F)(F)F)ccc2-n2cncn2)cc1. The molecule has 0 radical (unpaired) electrons. The van der Waals surface area contributed by atoms with Crippen molar-refractivity contribution in [3.8, 4) is 11.4 Å². The first-order valence-electron chi connectivity index (χ1n) is 8.84. The Bertz CT molecular complexity index is 968. The number of aromatic nitrogens is 3. The molecule has 0 aliphatic rings. The third kappa shape index (κ3) is 5.13. The van der Waals surface area contributed by atoms with Gasteiger partial charge in [-0.3, -0.25) is 4.79 Å². The quantitative estimate of drug-likeness (QED) is 0.653. The number of halogens is 3. The zero-order valence-corrected chi connectivity index (χ0v) is 15.8. The van der Waals surface area contributed by atoms with Crippen molar-refractivity contribution in [1.29, 1.82) is 0 Å². The maximum atomic E-state index is 13.1. The van der Waals surface area contributed by atoms with E-state index in [4.69, 9.17) is 4.74 Å². The fourth-order valence-electron chi connectivity index (χ4n) is 2.50. The lowest BCUT2D eigenvalue weighted by Gasteiger charge is -2.14. The van der Waals surface area contributed by atoms with E-state index in [1.54, 1.807) is 24.3 Å². The molecule has 1 aromatic heterocycles. The molecule has 0 spiro atoms. The molecule has 152 valence electrons. The summed E-state index contributed by atoms with van der Waals surface area (Å²) < 4.78 is 46.2. The summed E-state index contributed by atoms with van der Waals surface area (Å²) in [5.41, 5.74) is -0.367. The Hall–Kier alpha value is -3.36. The predicted molar refractivity (Wildman–Crippen MR) is 101 cm³/mol. The number of carbonyl (C=O) groups is 1. The molecule has 1 N–H and O–H groups in total. The molecule has 0 aliphatic heterocycles. The van der Waals surface area contributed by atoms with Crippen LogP contribution in [-0.4, -0.2) is 27.3 Å². The largest absolute Gasteiger partial charge is 0.493 e. The molecule has 1 amide bonds. The topological polar surface area (TPSA) is 69.0 Å². The van der Waals surface area contributed by atoms with Gasteiger partial charge in [-0.2, -0.15) is 18.3 Å². The molecule has 0 saturated carbocycles. The lowest BCUT2D eigenvalue weighted by atomic mass is 10.1. The van der Waals surface area contributed by atoms with E-state index in [0.29, 0.717) is 18.3 Å². The highest BCUT2D eigenvalue weighted by molar-refractivity contribution is 6.05. The second-order valence-electron chi connectivity index (χ2n) is 6.75. The monoisotopic (exact) mass is 404 g/mol. The molecular weight excluding hydrogens is 385 g/mol. The molecule has 0 bridgehead atoms. The highest BCUT2D eigenvalue weighted by Gasteiger charge is 2.31. The lowest BCUT2D eigenvalue weighted by Crippen LogP contribution is -2.15. The number of hydrogen-bond donors (Lipinski definition) is 1. The van der Waals surface area contributed by atoms with Crippen LogP contribution in [0.4, 0.5) is 18.9 Å². The number of hydrogen-bond acceptors (Lipinski definition) is 4. The Morgan fingerprint density at radius 3 is 2.48 bits per heavy atom. The van der Waals surface area contributed by atoms with Gasteiger partial charge in [0.2, 0.25) is 0 Å². The van der Waals surface area contributed by atoms with Gasteiger partial charge in [-0.1, -0.05) is 13.8 Å². The normalized spacial score (nSPS) is 11.5. The van der Waals surface area contributed by atoms with Crippen molar-refractivity contribution in [2.75, 3.05) is 11.9 Å². The van der Waals surface area contributed by atoms with Gasteiger partial charge in [-0.15, -0.1) is 0 Å². The lowest BCUT2D eigenvalue weighted by molar-refractivity contribution is -0.137. The Kier molecular flexibility index (Phi) is 5.86. The van der Waals surface area contributed by atoms with Gasteiger partial charge in [0.1, 0.15) is 18.4 Å². The van der Waals surface area contributed by atoms with Crippen LogP contribution >= 0.6 is 0 Å². The summed E-state index contributed by atoms with van der Waals surface area (Å²) in [6.07, 6.45) is -1.96. The number of alkyl halides is 3. The summed E-state index contributed by atoms with van der Waals surface area (Å²) in [6.45, 7) is 4.57. The minimum Gasteiger partial charge on any atom is -0.493 e. The van der Waals surface area contributed by atoms with Gasteiger partial charge in [0.15, 0.2) is 0 Å². The molecule has 0 aliphatic carbocycles. The van der Waals surface area contributed by atoms with Crippen molar-refractivity contribution in [3.63, 3.8) is 0 Å². The minimum atomic E-state index is -4.55. The number of rotatable bonds is 6. The molecule has 0 fully saturated rings. The summed E-state index contributed by atoms with van der Waals surface area (Å²) >= 11 is 0. The smallest absolute Gasteiger partial charge is 0.416 e. The highest BCUT2D eigenvalue weighted by Crippen LogP contribution is 2.33. The standard InChI is InChI=1S/C20H19F3N4O2/c1-13(2)10-29-16-6-3-14(4-7-16)19(28)26-17-9-15(20(21,22)23)5-8-18(17)27-12-24-11-25-27/h3-9,11-13H,10H2,1-2H3,(H,26,28). The summed E-state index contributed by atoms with van der Waals surface area (Å²) in [5, 5.41) is 6.45. The minimum absolute atomic E-state index is 0.0320. The molecule has 0 saturated heterocycles. The van der Waals surface area contributed by atoms with Crippen LogP contribution in [0, 0.1) is 5.92 Å². The van der Waals surface area contributed by atoms with Crippen LogP contribution in [0.3, 0.4) is 0 Å². The molecule has 3 aromatic rings. The van der Waals surface area contributed by atoms with E-state index in [0.717, 1.165) is 12.1 Å². The molecule has 6 nitrogen and oxygen atoms in total. The van der Waals surface area contributed by atoms with Crippen molar-refractivity contribution in [3.05, 3.63) is 66.2 Å². The number of nitrogens with zero attached hydrogens (tertiary/aromatic N) is 3. The third-order valence-electron chi connectivity index (χ3n) is 3.94. The van der Waals surface area contributed by atoms with Gasteiger partial charge in [0.05, 0.1) is 23.5 Å². The number of amides is 1. The summed E-state index contributed by atoms with van der Waals surface area (Å²) in [5.74, 6) is 0.410. The maximum absolute atomic E-state index is 13.1. The summed E-state index contributed by atoms with van der Waals surface area (Å²) in [6, 6.07) is 9.41. The number of nitrogens with one attached hydrogen (secondary N) is 1. The van der Waals surface area contributed by atoms with Gasteiger partial charge in [-0.25, -0.2) is 9.67 Å². The van der Waals surface area contributed by atoms with Crippen LogP contribution in [0.15, 0.2) is 55.1 Å². The fourth-order valence-corrected chi connectivity index (χ4v) is 2.50. The van der Waals surface area contributed by atoms with Crippen LogP contribution in [-0.2, 0) is 6.18 Å². The number of carbonyl (C=O) groups excluding carboxylic acids is 1.